The fourth-order valence-electron chi connectivity index (χ4n) is 5.10. The number of rotatable bonds is 5. The van der Waals surface area contributed by atoms with Crippen LogP contribution in [0.3, 0.4) is 0 Å². The zero-order chi connectivity index (χ0) is 32.9. The van der Waals surface area contributed by atoms with Crippen LogP contribution >= 0.6 is 11.8 Å². The van der Waals surface area contributed by atoms with E-state index in [9.17, 15) is 0 Å². The molecule has 0 N–H and O–H groups in total. The highest BCUT2D eigenvalue weighted by Gasteiger charge is 2.24. The summed E-state index contributed by atoms with van der Waals surface area (Å²) in [6, 6.07) is 31.8. The summed E-state index contributed by atoms with van der Waals surface area (Å²) < 4.78 is 11.7. The van der Waals surface area contributed by atoms with E-state index in [0.717, 1.165) is 17.2 Å². The van der Waals surface area contributed by atoms with Crippen LogP contribution in [0.15, 0.2) is 101 Å². The predicted octanol–water partition coefficient (Wildman–Crippen LogP) is 12.5. The first-order chi connectivity index (χ1) is 20.3. The van der Waals surface area contributed by atoms with E-state index in [2.05, 4.69) is 150 Å². The third kappa shape index (κ3) is 9.41. The Kier molecular flexibility index (Phi) is 11.1. The van der Waals surface area contributed by atoms with Crippen LogP contribution < -0.4 is 9.47 Å². The van der Waals surface area contributed by atoms with Crippen LogP contribution in [0.4, 0.5) is 0 Å². The van der Waals surface area contributed by atoms with Crippen molar-refractivity contribution in [1.82, 2.24) is 0 Å². The van der Waals surface area contributed by atoms with Gasteiger partial charge in [-0.2, -0.15) is 0 Å². The molecule has 0 heterocycles. The molecule has 0 aliphatic heterocycles. The van der Waals surface area contributed by atoms with Crippen molar-refractivity contribution < 1.29 is 9.47 Å². The number of benzene rings is 4. The highest BCUT2D eigenvalue weighted by Crippen LogP contribution is 2.41. The second-order valence-corrected chi connectivity index (χ2v) is 16.6. The van der Waals surface area contributed by atoms with Crippen LogP contribution in [-0.2, 0) is 21.7 Å². The third-order valence-electron chi connectivity index (χ3n) is 7.52. The minimum absolute atomic E-state index is 0.00171. The van der Waals surface area contributed by atoms with E-state index in [0.29, 0.717) is 0 Å². The lowest BCUT2D eigenvalue weighted by molar-refractivity contribution is 0.402. The van der Waals surface area contributed by atoms with Gasteiger partial charge in [-0.15, -0.1) is 0 Å². The van der Waals surface area contributed by atoms with Gasteiger partial charge >= 0.3 is 0 Å². The fourth-order valence-corrected chi connectivity index (χ4v) is 6.59. The van der Waals surface area contributed by atoms with E-state index in [1.54, 1.807) is 7.11 Å². The second kappa shape index (κ2) is 13.9. The van der Waals surface area contributed by atoms with Gasteiger partial charge in [0.15, 0.2) is 0 Å². The molecule has 0 aromatic heterocycles. The van der Waals surface area contributed by atoms with Crippen molar-refractivity contribution in [2.75, 3.05) is 7.11 Å². The quantitative estimate of drug-likeness (QED) is 0.224. The lowest BCUT2D eigenvalue weighted by Gasteiger charge is -2.26. The van der Waals surface area contributed by atoms with Crippen LogP contribution in [-0.4, -0.2) is 7.11 Å². The van der Waals surface area contributed by atoms with Gasteiger partial charge in [0.05, 0.1) is 7.11 Å². The maximum absolute atomic E-state index is 6.36. The van der Waals surface area contributed by atoms with Crippen molar-refractivity contribution in [3.63, 3.8) is 0 Å². The van der Waals surface area contributed by atoms with Gasteiger partial charge in [-0.25, -0.2) is 0 Å². The highest BCUT2D eigenvalue weighted by atomic mass is 32.2. The Balaban J connectivity index is 0.000000241. The molecule has 0 saturated carbocycles. The molecule has 0 amide bonds. The van der Waals surface area contributed by atoms with Gasteiger partial charge in [-0.05, 0) is 57.1 Å². The molecule has 0 fully saturated rings. The maximum atomic E-state index is 6.36. The van der Waals surface area contributed by atoms with Crippen LogP contribution in [0.2, 0.25) is 0 Å². The minimum atomic E-state index is -0.00171. The van der Waals surface area contributed by atoms with Crippen LogP contribution in [0.1, 0.15) is 105 Å². The summed E-state index contributed by atoms with van der Waals surface area (Å²) in [6.45, 7) is 26.9. The lowest BCUT2D eigenvalue weighted by Crippen LogP contribution is -2.15. The van der Waals surface area contributed by atoms with Gasteiger partial charge in [-0.3, -0.25) is 0 Å². The van der Waals surface area contributed by atoms with E-state index in [1.165, 1.54) is 32.0 Å². The molecular formula is C41H54O2S. The Morgan fingerprint density at radius 3 is 1.25 bits per heavy atom. The highest BCUT2D eigenvalue weighted by molar-refractivity contribution is 7.99. The largest absolute Gasteiger partial charge is 0.497 e. The molecule has 2 nitrogen and oxygen atoms in total. The Hall–Kier alpha value is -3.17. The zero-order valence-corrected chi connectivity index (χ0v) is 30.2. The number of ether oxygens (including phenoxy) is 2. The summed E-state index contributed by atoms with van der Waals surface area (Å²) >= 11 is 1.89. The fraction of sp³-hybridized carbons (Fsp3) is 0.415. The number of para-hydroxylation sites is 1. The molecule has 0 spiro atoms. The summed E-state index contributed by atoms with van der Waals surface area (Å²) in [4.78, 5) is 2.73. The average Bonchev–Trinajstić information content (AvgIpc) is 2.92. The van der Waals surface area contributed by atoms with E-state index in [-0.39, 0.29) is 21.7 Å². The number of hydrogen-bond donors (Lipinski definition) is 0. The third-order valence-corrected chi connectivity index (χ3v) is 8.67. The molecule has 3 heteroatoms. The topological polar surface area (TPSA) is 18.5 Å². The molecular weight excluding hydrogens is 557 g/mol. The van der Waals surface area contributed by atoms with Crippen molar-refractivity contribution in [1.29, 1.82) is 0 Å². The lowest BCUT2D eigenvalue weighted by atomic mass is 9.85. The van der Waals surface area contributed by atoms with Crippen molar-refractivity contribution >= 4 is 11.8 Å². The monoisotopic (exact) mass is 610 g/mol. The van der Waals surface area contributed by atoms with Crippen molar-refractivity contribution in [3.8, 4) is 17.2 Å². The standard InChI is InChI=1S/C21H28O2.C20H26S/c1-20(2,3)16-10-8-9-11-18(16)23-19-14-15(22-7)12-13-17(19)21(4,5)6;1-19(2,3)15-11-7-9-13-17(15)21-18-14-10-8-12-16(18)20(4,5)6/h8-14H,1-7H3;7-14H,1-6H3. The molecule has 0 aliphatic rings. The van der Waals surface area contributed by atoms with Crippen LogP contribution in [0.5, 0.6) is 17.2 Å². The molecule has 0 radical (unpaired) electrons. The van der Waals surface area contributed by atoms with Crippen LogP contribution in [0.25, 0.3) is 0 Å². The number of hydrogen-bond acceptors (Lipinski definition) is 3. The Bertz CT molecular complexity index is 1470. The maximum Gasteiger partial charge on any atom is 0.134 e. The zero-order valence-electron chi connectivity index (χ0n) is 29.4. The molecule has 0 saturated heterocycles. The summed E-state index contributed by atoms with van der Waals surface area (Å²) in [5.74, 6) is 2.56. The van der Waals surface area contributed by atoms with E-state index >= 15 is 0 Å². The second-order valence-electron chi connectivity index (χ2n) is 15.6. The normalized spacial score (nSPS) is 12.3. The van der Waals surface area contributed by atoms with Gasteiger partial charge in [0.1, 0.15) is 17.2 Å². The smallest absolute Gasteiger partial charge is 0.134 e. The van der Waals surface area contributed by atoms with E-state index in [4.69, 9.17) is 9.47 Å². The molecule has 4 rings (SSSR count). The minimum Gasteiger partial charge on any atom is -0.497 e. The summed E-state index contributed by atoms with van der Waals surface area (Å²) in [5.41, 5.74) is 5.55. The molecule has 0 atom stereocenters. The predicted molar refractivity (Wildman–Crippen MR) is 191 cm³/mol. The molecule has 4 aromatic rings. The number of methoxy groups -OCH3 is 1. The van der Waals surface area contributed by atoms with Crippen LogP contribution in [0, 0.1) is 0 Å². The van der Waals surface area contributed by atoms with Gasteiger partial charge < -0.3 is 9.47 Å². The summed E-state index contributed by atoms with van der Waals surface area (Å²) in [6.07, 6.45) is 0. The van der Waals surface area contributed by atoms with Crippen molar-refractivity contribution in [2.45, 2.75) is 115 Å². The molecule has 0 aliphatic carbocycles. The van der Waals surface area contributed by atoms with Gasteiger partial charge in [0, 0.05) is 27.0 Å². The molecule has 236 valence electrons. The molecule has 4 aromatic carbocycles. The average molecular weight is 611 g/mol. The van der Waals surface area contributed by atoms with Crippen molar-refractivity contribution in [3.05, 3.63) is 113 Å². The summed E-state index contributed by atoms with van der Waals surface area (Å²) in [7, 11) is 1.68. The van der Waals surface area contributed by atoms with Gasteiger partial charge in [-0.1, -0.05) is 156 Å². The Morgan fingerprint density at radius 1 is 0.432 bits per heavy atom. The summed E-state index contributed by atoms with van der Waals surface area (Å²) in [5, 5.41) is 0. The van der Waals surface area contributed by atoms with Crippen molar-refractivity contribution in [2.24, 2.45) is 0 Å². The Labute approximate surface area is 272 Å². The first kappa shape index (κ1) is 35.3. The van der Waals surface area contributed by atoms with Gasteiger partial charge in [0.25, 0.3) is 0 Å². The first-order valence-corrected chi connectivity index (χ1v) is 16.5. The molecule has 44 heavy (non-hydrogen) atoms. The molecule has 0 unspecified atom stereocenters. The molecule has 0 bridgehead atoms. The Morgan fingerprint density at radius 2 is 0.818 bits per heavy atom. The SMILES string of the molecule is CC(C)(C)c1ccccc1Sc1ccccc1C(C)(C)C.COc1ccc(C(C)(C)C)c(Oc2ccccc2C(C)(C)C)c1. The van der Waals surface area contributed by atoms with E-state index in [1.807, 2.05) is 36.0 Å². The van der Waals surface area contributed by atoms with Gasteiger partial charge in [0.2, 0.25) is 0 Å². The van der Waals surface area contributed by atoms with E-state index < -0.39 is 0 Å². The first-order valence-electron chi connectivity index (χ1n) is 15.6.